The molecule has 3 unspecified atom stereocenters. The zero-order valence-electron chi connectivity index (χ0n) is 10.9. The van der Waals surface area contributed by atoms with E-state index in [1.165, 1.54) is 0 Å². The number of amides is 2. The first kappa shape index (κ1) is 12.4. The second-order valence-electron chi connectivity index (χ2n) is 5.25. The summed E-state index contributed by atoms with van der Waals surface area (Å²) in [6.45, 7) is 6.05. The third-order valence-electron chi connectivity index (χ3n) is 4.00. The lowest BCUT2D eigenvalue weighted by Gasteiger charge is -2.42. The maximum atomic E-state index is 12.4. The molecule has 0 spiro atoms. The molecular formula is C13H22N2O2. The maximum Gasteiger partial charge on any atom is 0.246 e. The molecule has 2 fully saturated rings. The molecule has 2 amide bonds. The molecule has 2 aliphatic rings. The van der Waals surface area contributed by atoms with Crippen molar-refractivity contribution in [1.82, 2.24) is 10.2 Å². The predicted molar refractivity (Wildman–Crippen MR) is 65.3 cm³/mol. The normalized spacial score (nSPS) is 31.4. The average Bonchev–Trinajstić information content (AvgIpc) is 3.14. The number of hydrogen-bond donors (Lipinski definition) is 1. The van der Waals surface area contributed by atoms with Crippen LogP contribution in [-0.4, -0.2) is 34.8 Å². The van der Waals surface area contributed by atoms with Gasteiger partial charge in [0.1, 0.15) is 12.1 Å². The van der Waals surface area contributed by atoms with Crippen LogP contribution >= 0.6 is 0 Å². The average molecular weight is 238 g/mol. The lowest BCUT2D eigenvalue weighted by Crippen LogP contribution is -2.65. The van der Waals surface area contributed by atoms with Gasteiger partial charge in [0.15, 0.2) is 0 Å². The van der Waals surface area contributed by atoms with E-state index < -0.39 is 0 Å². The molecular weight excluding hydrogens is 216 g/mol. The van der Waals surface area contributed by atoms with E-state index in [0.717, 1.165) is 19.3 Å². The Balaban J connectivity index is 2.21. The third-order valence-corrected chi connectivity index (χ3v) is 4.00. The highest BCUT2D eigenvalue weighted by atomic mass is 16.2. The highest BCUT2D eigenvalue weighted by Crippen LogP contribution is 2.35. The second-order valence-corrected chi connectivity index (χ2v) is 5.25. The van der Waals surface area contributed by atoms with E-state index in [9.17, 15) is 9.59 Å². The number of nitrogens with one attached hydrogen (secondary N) is 1. The summed E-state index contributed by atoms with van der Waals surface area (Å²) < 4.78 is 0. The van der Waals surface area contributed by atoms with Crippen LogP contribution < -0.4 is 5.32 Å². The van der Waals surface area contributed by atoms with Crippen molar-refractivity contribution >= 4 is 11.8 Å². The quantitative estimate of drug-likeness (QED) is 0.802. The molecule has 1 saturated carbocycles. The van der Waals surface area contributed by atoms with Gasteiger partial charge < -0.3 is 10.2 Å². The van der Waals surface area contributed by atoms with E-state index in [4.69, 9.17) is 0 Å². The molecule has 1 heterocycles. The predicted octanol–water partition coefficient (Wildman–Crippen LogP) is 1.30. The van der Waals surface area contributed by atoms with Crippen LogP contribution in [0.15, 0.2) is 0 Å². The molecule has 1 aliphatic carbocycles. The van der Waals surface area contributed by atoms with Crippen LogP contribution in [0.1, 0.15) is 46.5 Å². The zero-order valence-corrected chi connectivity index (χ0v) is 10.9. The summed E-state index contributed by atoms with van der Waals surface area (Å²) in [4.78, 5) is 26.3. The van der Waals surface area contributed by atoms with Gasteiger partial charge in [0, 0.05) is 6.04 Å². The third kappa shape index (κ3) is 2.17. The van der Waals surface area contributed by atoms with Crippen LogP contribution in [0.2, 0.25) is 0 Å². The Hall–Kier alpha value is -1.06. The van der Waals surface area contributed by atoms with Crippen LogP contribution in [0.3, 0.4) is 0 Å². The molecule has 1 aliphatic heterocycles. The van der Waals surface area contributed by atoms with E-state index in [0.29, 0.717) is 12.3 Å². The Morgan fingerprint density at radius 2 is 2.00 bits per heavy atom. The Morgan fingerprint density at radius 1 is 1.35 bits per heavy atom. The Bertz CT molecular complexity index is 325. The van der Waals surface area contributed by atoms with E-state index in [-0.39, 0.29) is 29.9 Å². The van der Waals surface area contributed by atoms with E-state index in [1.54, 1.807) is 0 Å². The molecule has 1 N–H and O–H groups in total. The van der Waals surface area contributed by atoms with Gasteiger partial charge in [0.2, 0.25) is 11.8 Å². The standard InChI is InChI=1S/C13H22N2O2/c1-4-8(3)15-10(5-2)12(16)14-11(13(15)17)9-6-7-9/h8-11H,4-7H2,1-3H3,(H,14,16). The van der Waals surface area contributed by atoms with Gasteiger partial charge in [-0.3, -0.25) is 9.59 Å². The van der Waals surface area contributed by atoms with Crippen molar-refractivity contribution in [1.29, 1.82) is 0 Å². The van der Waals surface area contributed by atoms with Crippen molar-refractivity contribution in [2.75, 3.05) is 0 Å². The second kappa shape index (κ2) is 4.67. The lowest BCUT2D eigenvalue weighted by molar-refractivity contribution is -0.152. The fraction of sp³-hybridized carbons (Fsp3) is 0.846. The molecule has 1 saturated heterocycles. The summed E-state index contributed by atoms with van der Waals surface area (Å²) >= 11 is 0. The first-order valence-corrected chi connectivity index (χ1v) is 6.72. The summed E-state index contributed by atoms with van der Waals surface area (Å²) in [5.41, 5.74) is 0. The van der Waals surface area contributed by atoms with Crippen LogP contribution in [0.25, 0.3) is 0 Å². The number of piperazine rings is 1. The van der Waals surface area contributed by atoms with Gasteiger partial charge in [0.05, 0.1) is 0 Å². The molecule has 96 valence electrons. The van der Waals surface area contributed by atoms with E-state index in [2.05, 4.69) is 12.2 Å². The molecule has 2 rings (SSSR count). The maximum absolute atomic E-state index is 12.4. The number of nitrogens with zero attached hydrogens (tertiary/aromatic N) is 1. The molecule has 4 heteroatoms. The summed E-state index contributed by atoms with van der Waals surface area (Å²) in [6, 6.07) is -0.369. The summed E-state index contributed by atoms with van der Waals surface area (Å²) in [5.74, 6) is 0.549. The van der Waals surface area contributed by atoms with Gasteiger partial charge in [0.25, 0.3) is 0 Å². The Kier molecular flexibility index (Phi) is 3.40. The van der Waals surface area contributed by atoms with Crippen LogP contribution in [0.5, 0.6) is 0 Å². The lowest BCUT2D eigenvalue weighted by atomic mass is 9.99. The van der Waals surface area contributed by atoms with Gasteiger partial charge in [-0.25, -0.2) is 0 Å². The molecule has 0 bridgehead atoms. The minimum atomic E-state index is -0.271. The number of carbonyl (C=O) groups is 2. The van der Waals surface area contributed by atoms with E-state index in [1.807, 2.05) is 18.7 Å². The first-order chi connectivity index (χ1) is 8.10. The van der Waals surface area contributed by atoms with Crippen LogP contribution in [0.4, 0.5) is 0 Å². The fourth-order valence-electron chi connectivity index (χ4n) is 2.60. The van der Waals surface area contributed by atoms with Gasteiger partial charge in [-0.1, -0.05) is 13.8 Å². The highest BCUT2D eigenvalue weighted by molar-refractivity contribution is 5.97. The molecule has 0 aromatic heterocycles. The van der Waals surface area contributed by atoms with Crippen molar-refractivity contribution in [2.24, 2.45) is 5.92 Å². The minimum absolute atomic E-state index is 0.0318. The minimum Gasteiger partial charge on any atom is -0.342 e. The summed E-state index contributed by atoms with van der Waals surface area (Å²) in [5, 5.41) is 2.91. The smallest absolute Gasteiger partial charge is 0.246 e. The van der Waals surface area contributed by atoms with Gasteiger partial charge in [-0.05, 0) is 38.5 Å². The molecule has 0 aromatic rings. The van der Waals surface area contributed by atoms with Crippen LogP contribution in [-0.2, 0) is 9.59 Å². The van der Waals surface area contributed by atoms with Crippen LogP contribution in [0, 0.1) is 5.92 Å². The van der Waals surface area contributed by atoms with Crippen molar-refractivity contribution in [3.8, 4) is 0 Å². The monoisotopic (exact) mass is 238 g/mol. The van der Waals surface area contributed by atoms with Crippen molar-refractivity contribution < 1.29 is 9.59 Å². The largest absolute Gasteiger partial charge is 0.342 e. The van der Waals surface area contributed by atoms with Crippen molar-refractivity contribution in [3.63, 3.8) is 0 Å². The topological polar surface area (TPSA) is 49.4 Å². The molecule has 17 heavy (non-hydrogen) atoms. The molecule has 0 aromatic carbocycles. The van der Waals surface area contributed by atoms with Crippen molar-refractivity contribution in [3.05, 3.63) is 0 Å². The molecule has 0 radical (unpaired) electrons. The SMILES string of the molecule is CCC(C)N1C(=O)C(C2CC2)NC(=O)C1CC. The number of hydrogen-bond acceptors (Lipinski definition) is 2. The molecule has 4 nitrogen and oxygen atoms in total. The summed E-state index contributed by atoms with van der Waals surface area (Å²) in [6.07, 6.45) is 3.73. The first-order valence-electron chi connectivity index (χ1n) is 6.72. The Morgan fingerprint density at radius 3 is 2.47 bits per heavy atom. The molecule has 3 atom stereocenters. The van der Waals surface area contributed by atoms with Gasteiger partial charge in [-0.2, -0.15) is 0 Å². The highest BCUT2D eigenvalue weighted by Gasteiger charge is 2.47. The van der Waals surface area contributed by atoms with Gasteiger partial charge >= 0.3 is 0 Å². The van der Waals surface area contributed by atoms with Gasteiger partial charge in [-0.15, -0.1) is 0 Å². The fourth-order valence-corrected chi connectivity index (χ4v) is 2.60. The summed E-state index contributed by atoms with van der Waals surface area (Å²) in [7, 11) is 0. The van der Waals surface area contributed by atoms with Crippen molar-refractivity contribution in [2.45, 2.75) is 64.6 Å². The Labute approximate surface area is 103 Å². The number of rotatable bonds is 4. The number of carbonyl (C=O) groups excluding carboxylic acids is 2. The van der Waals surface area contributed by atoms with E-state index >= 15 is 0 Å². The zero-order chi connectivity index (χ0) is 12.6.